The zero-order valence-electron chi connectivity index (χ0n) is 16.1. The SMILES string of the molecule is CCc1cc(-c2oncc2-c2ccc(CN(CC)CC)cc2)c(O)cc1O. The minimum atomic E-state index is -0.0270. The summed E-state index contributed by atoms with van der Waals surface area (Å²) < 4.78 is 5.46. The third kappa shape index (κ3) is 3.98. The van der Waals surface area contributed by atoms with Crippen molar-refractivity contribution in [2.24, 2.45) is 0 Å². The van der Waals surface area contributed by atoms with Gasteiger partial charge in [0.05, 0.1) is 11.8 Å². The van der Waals surface area contributed by atoms with Crippen molar-refractivity contribution in [3.8, 4) is 33.9 Å². The predicted molar refractivity (Wildman–Crippen MR) is 107 cm³/mol. The minimum Gasteiger partial charge on any atom is -0.508 e. The van der Waals surface area contributed by atoms with Gasteiger partial charge in [-0.05, 0) is 42.3 Å². The van der Waals surface area contributed by atoms with Gasteiger partial charge in [-0.3, -0.25) is 4.90 Å². The summed E-state index contributed by atoms with van der Waals surface area (Å²) in [7, 11) is 0. The second-order valence-corrected chi connectivity index (χ2v) is 6.58. The Morgan fingerprint density at radius 2 is 1.63 bits per heavy atom. The third-order valence-electron chi connectivity index (χ3n) is 4.96. The predicted octanol–water partition coefficient (Wildman–Crippen LogP) is 4.82. The summed E-state index contributed by atoms with van der Waals surface area (Å²) in [5, 5.41) is 24.2. The summed E-state index contributed by atoms with van der Waals surface area (Å²) in [6, 6.07) is 11.4. The van der Waals surface area contributed by atoms with E-state index in [9.17, 15) is 10.2 Å². The lowest BCUT2D eigenvalue weighted by molar-refractivity contribution is 0.296. The van der Waals surface area contributed by atoms with Gasteiger partial charge in [-0.15, -0.1) is 0 Å². The number of phenols is 2. The average molecular weight is 366 g/mol. The van der Waals surface area contributed by atoms with Gasteiger partial charge in [0.15, 0.2) is 5.76 Å². The van der Waals surface area contributed by atoms with Crippen molar-refractivity contribution in [3.63, 3.8) is 0 Å². The fourth-order valence-corrected chi connectivity index (χ4v) is 3.22. The minimum absolute atomic E-state index is 0.0270. The van der Waals surface area contributed by atoms with E-state index >= 15 is 0 Å². The molecule has 1 heterocycles. The first-order valence-electron chi connectivity index (χ1n) is 9.38. The quantitative estimate of drug-likeness (QED) is 0.627. The molecule has 27 heavy (non-hydrogen) atoms. The van der Waals surface area contributed by atoms with Crippen LogP contribution in [0.4, 0.5) is 0 Å². The molecule has 5 nitrogen and oxygen atoms in total. The van der Waals surface area contributed by atoms with Crippen molar-refractivity contribution in [2.45, 2.75) is 33.7 Å². The van der Waals surface area contributed by atoms with E-state index in [1.54, 1.807) is 12.3 Å². The number of nitrogens with zero attached hydrogens (tertiary/aromatic N) is 2. The summed E-state index contributed by atoms with van der Waals surface area (Å²) in [6.45, 7) is 9.24. The van der Waals surface area contributed by atoms with Gasteiger partial charge < -0.3 is 14.7 Å². The van der Waals surface area contributed by atoms with Crippen LogP contribution < -0.4 is 0 Å². The number of hydrogen-bond acceptors (Lipinski definition) is 5. The van der Waals surface area contributed by atoms with Gasteiger partial charge in [-0.2, -0.15) is 0 Å². The number of benzene rings is 2. The first-order chi connectivity index (χ1) is 13.1. The smallest absolute Gasteiger partial charge is 0.178 e. The molecule has 0 radical (unpaired) electrons. The van der Waals surface area contributed by atoms with Gasteiger partial charge in [-0.1, -0.05) is 50.2 Å². The van der Waals surface area contributed by atoms with E-state index in [2.05, 4.69) is 36.0 Å². The molecule has 0 saturated carbocycles. The van der Waals surface area contributed by atoms with Crippen LogP contribution in [-0.4, -0.2) is 33.4 Å². The number of phenolic OH excluding ortho intramolecular Hbond substituents is 2. The average Bonchev–Trinajstić information content (AvgIpc) is 3.16. The zero-order chi connectivity index (χ0) is 19.4. The molecule has 0 saturated heterocycles. The molecule has 0 aliphatic heterocycles. The summed E-state index contributed by atoms with van der Waals surface area (Å²) >= 11 is 0. The highest BCUT2D eigenvalue weighted by atomic mass is 16.5. The molecule has 0 atom stereocenters. The van der Waals surface area contributed by atoms with E-state index in [1.165, 1.54) is 11.6 Å². The topological polar surface area (TPSA) is 69.7 Å². The molecule has 0 aliphatic carbocycles. The Morgan fingerprint density at radius 1 is 0.926 bits per heavy atom. The van der Waals surface area contributed by atoms with Crippen molar-refractivity contribution in [1.82, 2.24) is 10.1 Å². The molecule has 1 aromatic heterocycles. The maximum atomic E-state index is 10.3. The van der Waals surface area contributed by atoms with Gasteiger partial charge in [0, 0.05) is 18.2 Å². The molecular weight excluding hydrogens is 340 g/mol. The molecule has 142 valence electrons. The van der Waals surface area contributed by atoms with Crippen LogP contribution in [0.1, 0.15) is 31.9 Å². The van der Waals surface area contributed by atoms with Crippen LogP contribution in [0.15, 0.2) is 47.1 Å². The van der Waals surface area contributed by atoms with Gasteiger partial charge in [0.2, 0.25) is 0 Å². The standard InChI is InChI=1S/C22H26N2O3/c1-4-16-11-18(21(26)12-20(16)25)22-19(13-23-27-22)17-9-7-15(8-10-17)14-24(5-2)6-3/h7-13,25-26H,4-6,14H2,1-3H3. The van der Waals surface area contributed by atoms with Crippen molar-refractivity contribution in [3.05, 3.63) is 53.7 Å². The second kappa shape index (κ2) is 8.27. The molecule has 0 fully saturated rings. The highest BCUT2D eigenvalue weighted by molar-refractivity contribution is 5.82. The van der Waals surface area contributed by atoms with Gasteiger partial charge in [-0.25, -0.2) is 0 Å². The lowest BCUT2D eigenvalue weighted by atomic mass is 9.98. The van der Waals surface area contributed by atoms with Crippen LogP contribution in [0.2, 0.25) is 0 Å². The lowest BCUT2D eigenvalue weighted by Crippen LogP contribution is -2.21. The van der Waals surface area contributed by atoms with Gasteiger partial charge in [0.25, 0.3) is 0 Å². The molecule has 3 rings (SSSR count). The van der Waals surface area contributed by atoms with Crippen LogP contribution in [0.3, 0.4) is 0 Å². The molecule has 0 bridgehead atoms. The highest BCUT2D eigenvalue weighted by Gasteiger charge is 2.18. The fraction of sp³-hybridized carbons (Fsp3) is 0.318. The molecule has 0 spiro atoms. The van der Waals surface area contributed by atoms with Crippen LogP contribution in [-0.2, 0) is 13.0 Å². The second-order valence-electron chi connectivity index (χ2n) is 6.58. The summed E-state index contributed by atoms with van der Waals surface area (Å²) in [5.74, 6) is 0.556. The maximum Gasteiger partial charge on any atom is 0.178 e. The largest absolute Gasteiger partial charge is 0.508 e. The van der Waals surface area contributed by atoms with E-state index in [-0.39, 0.29) is 11.5 Å². The first kappa shape index (κ1) is 19.0. The molecule has 3 aromatic rings. The van der Waals surface area contributed by atoms with E-state index in [0.29, 0.717) is 17.7 Å². The Kier molecular flexibility index (Phi) is 5.81. The molecule has 2 N–H and O–H groups in total. The fourth-order valence-electron chi connectivity index (χ4n) is 3.22. The Bertz CT molecular complexity index is 896. The number of aromatic hydroxyl groups is 2. The number of rotatable bonds is 7. The van der Waals surface area contributed by atoms with Gasteiger partial charge in [0.1, 0.15) is 11.5 Å². The number of hydrogen-bond donors (Lipinski definition) is 2. The van der Waals surface area contributed by atoms with Crippen LogP contribution in [0.5, 0.6) is 11.5 Å². The van der Waals surface area contributed by atoms with E-state index in [0.717, 1.165) is 36.3 Å². The van der Waals surface area contributed by atoms with Crippen molar-refractivity contribution >= 4 is 0 Å². The summed E-state index contributed by atoms with van der Waals surface area (Å²) in [5.41, 5.74) is 4.32. The maximum absolute atomic E-state index is 10.3. The van der Waals surface area contributed by atoms with E-state index < -0.39 is 0 Å². The normalized spacial score (nSPS) is 11.3. The first-order valence-corrected chi connectivity index (χ1v) is 9.38. The molecule has 2 aromatic carbocycles. The molecule has 5 heteroatoms. The Hall–Kier alpha value is -2.79. The molecular formula is C22H26N2O3. The van der Waals surface area contributed by atoms with E-state index in [4.69, 9.17) is 4.52 Å². The zero-order valence-corrected chi connectivity index (χ0v) is 16.1. The Morgan fingerprint density at radius 3 is 2.26 bits per heavy atom. The van der Waals surface area contributed by atoms with E-state index in [1.807, 2.05) is 19.1 Å². The van der Waals surface area contributed by atoms with Crippen molar-refractivity contribution in [2.75, 3.05) is 13.1 Å². The monoisotopic (exact) mass is 366 g/mol. The summed E-state index contributed by atoms with van der Waals surface area (Å²) in [4.78, 5) is 2.36. The van der Waals surface area contributed by atoms with Crippen LogP contribution in [0.25, 0.3) is 22.5 Å². The number of aryl methyl sites for hydroxylation is 1. The van der Waals surface area contributed by atoms with Crippen molar-refractivity contribution in [1.29, 1.82) is 0 Å². The Labute approximate surface area is 159 Å². The van der Waals surface area contributed by atoms with Gasteiger partial charge >= 0.3 is 0 Å². The lowest BCUT2D eigenvalue weighted by Gasteiger charge is -2.18. The third-order valence-corrected chi connectivity index (χ3v) is 4.96. The molecule has 0 aliphatic rings. The van der Waals surface area contributed by atoms with Crippen LogP contribution >= 0.6 is 0 Å². The highest BCUT2D eigenvalue weighted by Crippen LogP contribution is 2.40. The Balaban J connectivity index is 1.94. The van der Waals surface area contributed by atoms with Crippen LogP contribution in [0, 0.1) is 0 Å². The number of aromatic nitrogens is 1. The summed E-state index contributed by atoms with van der Waals surface area (Å²) in [6.07, 6.45) is 2.31. The molecule has 0 amide bonds. The molecule has 0 unspecified atom stereocenters. The van der Waals surface area contributed by atoms with Crippen molar-refractivity contribution < 1.29 is 14.7 Å².